The minimum atomic E-state index is -3.30. The molecule has 0 unspecified atom stereocenters. The van der Waals surface area contributed by atoms with Gasteiger partial charge in [0.25, 0.3) is 0 Å². The van der Waals surface area contributed by atoms with Gasteiger partial charge in [0.05, 0.1) is 11.2 Å². The van der Waals surface area contributed by atoms with Crippen molar-refractivity contribution in [2.45, 2.75) is 11.2 Å². The van der Waals surface area contributed by atoms with Crippen molar-refractivity contribution in [1.82, 2.24) is 0 Å². The van der Waals surface area contributed by atoms with E-state index in [4.69, 9.17) is 5.11 Å². The molecule has 5 heteroatoms. The van der Waals surface area contributed by atoms with Crippen molar-refractivity contribution < 1.29 is 18.3 Å². The summed E-state index contributed by atoms with van der Waals surface area (Å²) in [6.07, 6.45) is 1.09. The standard InChI is InChI=1S/C11H12O4S/c1-16(14,15)10-8(9(10)11(12)13)7-5-3-2-4-6-7/h2-6,8-10H,1H3,(H,12,13)/t8-,9+,10-/m0/s1. The lowest BCUT2D eigenvalue weighted by Crippen LogP contribution is -2.10. The van der Waals surface area contributed by atoms with Crippen molar-refractivity contribution in [2.75, 3.05) is 6.26 Å². The quantitative estimate of drug-likeness (QED) is 0.852. The highest BCUT2D eigenvalue weighted by Gasteiger charge is 2.61. The molecule has 0 aromatic heterocycles. The molecule has 4 nitrogen and oxygen atoms in total. The molecule has 1 aromatic rings. The number of sulfone groups is 1. The van der Waals surface area contributed by atoms with Crippen LogP contribution in [0.15, 0.2) is 30.3 Å². The fraction of sp³-hybridized carbons (Fsp3) is 0.364. The molecule has 1 aliphatic carbocycles. The van der Waals surface area contributed by atoms with Crippen LogP contribution in [0.25, 0.3) is 0 Å². The van der Waals surface area contributed by atoms with Gasteiger partial charge < -0.3 is 5.11 Å². The number of aliphatic carboxylic acids is 1. The maximum atomic E-state index is 11.4. The van der Waals surface area contributed by atoms with Gasteiger partial charge in [-0.05, 0) is 5.56 Å². The van der Waals surface area contributed by atoms with Crippen LogP contribution in [0.5, 0.6) is 0 Å². The van der Waals surface area contributed by atoms with E-state index < -0.39 is 32.9 Å². The third-order valence-electron chi connectivity index (χ3n) is 2.92. The Kier molecular flexibility index (Phi) is 2.50. The fourth-order valence-corrected chi connectivity index (χ4v) is 3.77. The second-order valence-corrected chi connectivity index (χ2v) is 6.30. The molecule has 1 aliphatic rings. The lowest BCUT2D eigenvalue weighted by atomic mass is 10.1. The number of hydrogen-bond acceptors (Lipinski definition) is 3. The van der Waals surface area contributed by atoms with Gasteiger partial charge in [0, 0.05) is 12.2 Å². The Bertz CT molecular complexity index is 506. The highest BCUT2D eigenvalue weighted by Crippen LogP contribution is 2.52. The molecular formula is C11H12O4S. The Morgan fingerprint density at radius 3 is 2.19 bits per heavy atom. The monoisotopic (exact) mass is 240 g/mol. The van der Waals surface area contributed by atoms with Crippen molar-refractivity contribution in [2.24, 2.45) is 5.92 Å². The van der Waals surface area contributed by atoms with Crippen molar-refractivity contribution in [3.05, 3.63) is 35.9 Å². The van der Waals surface area contributed by atoms with Crippen LogP contribution in [-0.2, 0) is 14.6 Å². The molecule has 16 heavy (non-hydrogen) atoms. The lowest BCUT2D eigenvalue weighted by molar-refractivity contribution is -0.138. The molecule has 0 heterocycles. The Hall–Kier alpha value is -1.36. The van der Waals surface area contributed by atoms with Crippen molar-refractivity contribution in [3.8, 4) is 0 Å². The summed E-state index contributed by atoms with van der Waals surface area (Å²) >= 11 is 0. The van der Waals surface area contributed by atoms with Gasteiger partial charge in [0.2, 0.25) is 0 Å². The minimum Gasteiger partial charge on any atom is -0.481 e. The van der Waals surface area contributed by atoms with E-state index in [1.54, 1.807) is 24.3 Å². The molecule has 1 aromatic carbocycles. The largest absolute Gasteiger partial charge is 0.481 e. The maximum Gasteiger partial charge on any atom is 0.308 e. The van der Waals surface area contributed by atoms with E-state index in [0.717, 1.165) is 11.8 Å². The highest BCUT2D eigenvalue weighted by atomic mass is 32.2. The van der Waals surface area contributed by atoms with Gasteiger partial charge in [-0.3, -0.25) is 4.79 Å². The molecule has 1 fully saturated rings. The molecule has 86 valence electrons. The minimum absolute atomic E-state index is 0.395. The van der Waals surface area contributed by atoms with Gasteiger partial charge >= 0.3 is 5.97 Å². The third-order valence-corrected chi connectivity index (χ3v) is 4.49. The summed E-state index contributed by atoms with van der Waals surface area (Å²) in [7, 11) is -3.30. The molecular weight excluding hydrogens is 228 g/mol. The Labute approximate surface area is 93.8 Å². The first-order valence-electron chi connectivity index (χ1n) is 4.89. The number of rotatable bonds is 3. The Morgan fingerprint density at radius 2 is 1.81 bits per heavy atom. The van der Waals surface area contributed by atoms with Gasteiger partial charge in [0.15, 0.2) is 9.84 Å². The zero-order valence-corrected chi connectivity index (χ0v) is 9.52. The van der Waals surface area contributed by atoms with Crippen LogP contribution in [-0.4, -0.2) is 31.0 Å². The van der Waals surface area contributed by atoms with Gasteiger partial charge in [-0.2, -0.15) is 0 Å². The molecule has 0 aliphatic heterocycles. The number of carboxylic acid groups (broad SMARTS) is 1. The zero-order valence-electron chi connectivity index (χ0n) is 8.70. The van der Waals surface area contributed by atoms with Crippen molar-refractivity contribution >= 4 is 15.8 Å². The molecule has 0 bridgehead atoms. The van der Waals surface area contributed by atoms with Gasteiger partial charge in [-0.1, -0.05) is 30.3 Å². The number of benzene rings is 1. The first-order chi connectivity index (χ1) is 7.43. The summed E-state index contributed by atoms with van der Waals surface area (Å²) in [6.45, 7) is 0. The third kappa shape index (κ3) is 1.82. The highest BCUT2D eigenvalue weighted by molar-refractivity contribution is 7.91. The van der Waals surface area contributed by atoms with Crippen LogP contribution >= 0.6 is 0 Å². The van der Waals surface area contributed by atoms with E-state index in [1.165, 1.54) is 0 Å². The number of carboxylic acids is 1. The SMILES string of the molecule is CS(=O)(=O)[C@@H]1[C@H](C(=O)O)[C@@H]1c1ccccc1. The predicted octanol–water partition coefficient (Wildman–Crippen LogP) is 0.898. The summed E-state index contributed by atoms with van der Waals surface area (Å²) in [5.41, 5.74) is 0.783. The molecule has 1 N–H and O–H groups in total. The first-order valence-corrected chi connectivity index (χ1v) is 6.85. The van der Waals surface area contributed by atoms with Crippen LogP contribution in [0.3, 0.4) is 0 Å². The molecule has 1 saturated carbocycles. The van der Waals surface area contributed by atoms with Gasteiger partial charge in [0.1, 0.15) is 0 Å². The fourth-order valence-electron chi connectivity index (χ4n) is 2.18. The predicted molar refractivity (Wildman–Crippen MR) is 58.9 cm³/mol. The summed E-state index contributed by atoms with van der Waals surface area (Å²) < 4.78 is 22.9. The summed E-state index contributed by atoms with van der Waals surface area (Å²) in [5, 5.41) is 8.18. The topological polar surface area (TPSA) is 71.4 Å². The van der Waals surface area contributed by atoms with Crippen LogP contribution in [0.1, 0.15) is 11.5 Å². The van der Waals surface area contributed by atoms with E-state index in [2.05, 4.69) is 0 Å². The van der Waals surface area contributed by atoms with Crippen LogP contribution in [0.4, 0.5) is 0 Å². The van der Waals surface area contributed by atoms with Crippen molar-refractivity contribution in [1.29, 1.82) is 0 Å². The number of hydrogen-bond donors (Lipinski definition) is 1. The van der Waals surface area contributed by atoms with E-state index >= 15 is 0 Å². The smallest absolute Gasteiger partial charge is 0.308 e. The first kappa shape index (κ1) is 11.1. The average molecular weight is 240 g/mol. The van der Waals surface area contributed by atoms with E-state index in [1.807, 2.05) is 6.07 Å². The summed E-state index contributed by atoms with van der Waals surface area (Å²) in [6, 6.07) is 8.92. The molecule has 0 amide bonds. The second kappa shape index (κ2) is 3.59. The Morgan fingerprint density at radius 1 is 1.25 bits per heavy atom. The van der Waals surface area contributed by atoms with E-state index in [-0.39, 0.29) is 0 Å². The summed E-state index contributed by atoms with van der Waals surface area (Å²) in [4.78, 5) is 10.9. The van der Waals surface area contributed by atoms with Crippen molar-refractivity contribution in [3.63, 3.8) is 0 Å². The average Bonchev–Trinajstić information content (AvgIpc) is 2.93. The van der Waals surface area contributed by atoms with E-state index in [0.29, 0.717) is 0 Å². The van der Waals surface area contributed by atoms with Crippen LogP contribution in [0, 0.1) is 5.92 Å². The van der Waals surface area contributed by atoms with Gasteiger partial charge in [-0.25, -0.2) is 8.42 Å². The number of carbonyl (C=O) groups is 1. The van der Waals surface area contributed by atoms with E-state index in [9.17, 15) is 13.2 Å². The normalized spacial score (nSPS) is 28.7. The molecule has 0 radical (unpaired) electrons. The van der Waals surface area contributed by atoms with Crippen LogP contribution in [0.2, 0.25) is 0 Å². The maximum absolute atomic E-state index is 11.4. The zero-order chi connectivity index (χ0) is 11.9. The lowest BCUT2D eigenvalue weighted by Gasteiger charge is -1.97. The Balaban J connectivity index is 2.34. The van der Waals surface area contributed by atoms with Gasteiger partial charge in [-0.15, -0.1) is 0 Å². The molecule has 0 saturated heterocycles. The molecule has 2 rings (SSSR count). The molecule has 0 spiro atoms. The second-order valence-electron chi connectivity index (χ2n) is 4.09. The summed E-state index contributed by atoms with van der Waals surface area (Å²) in [5.74, 6) is -2.23. The molecule has 3 atom stereocenters. The van der Waals surface area contributed by atoms with Crippen LogP contribution < -0.4 is 0 Å².